The Morgan fingerprint density at radius 3 is 2.67 bits per heavy atom. The summed E-state index contributed by atoms with van der Waals surface area (Å²) >= 11 is 0. The van der Waals surface area contributed by atoms with Gasteiger partial charge in [0.25, 0.3) is 0 Å². The first-order valence-electron chi connectivity index (χ1n) is 5.99. The van der Waals surface area contributed by atoms with Gasteiger partial charge in [-0.2, -0.15) is 18.3 Å². The van der Waals surface area contributed by atoms with Crippen molar-refractivity contribution in [3.8, 4) is 0 Å². The van der Waals surface area contributed by atoms with Crippen molar-refractivity contribution in [3.63, 3.8) is 0 Å². The van der Waals surface area contributed by atoms with Crippen molar-refractivity contribution < 1.29 is 22.7 Å². The van der Waals surface area contributed by atoms with E-state index in [1.165, 1.54) is 11.6 Å². The Balaban J connectivity index is 2.39. The molecule has 10 heteroatoms. The summed E-state index contributed by atoms with van der Waals surface area (Å²) in [4.78, 5) is 11.5. The van der Waals surface area contributed by atoms with Crippen LogP contribution in [0, 0.1) is 0 Å². The average Bonchev–Trinajstić information content (AvgIpc) is 2.96. The summed E-state index contributed by atoms with van der Waals surface area (Å²) in [6.07, 6.45) is -3.19. The van der Waals surface area contributed by atoms with Crippen LogP contribution in [0.3, 0.4) is 0 Å². The lowest BCUT2D eigenvalue weighted by Crippen LogP contribution is -2.20. The van der Waals surface area contributed by atoms with E-state index in [1.54, 1.807) is 19.3 Å². The van der Waals surface area contributed by atoms with Crippen molar-refractivity contribution in [2.24, 2.45) is 7.05 Å². The molecule has 0 atom stereocenters. The molecule has 0 aliphatic carbocycles. The van der Waals surface area contributed by atoms with Crippen LogP contribution in [-0.2, 0) is 24.5 Å². The Bertz CT molecular complexity index is 647. The molecule has 2 aromatic rings. The number of ether oxygens (including phenoxy) is 1. The van der Waals surface area contributed by atoms with Crippen LogP contribution in [0.25, 0.3) is 0 Å². The number of nitrogens with zero attached hydrogens (tertiary/aromatic N) is 5. The van der Waals surface area contributed by atoms with Gasteiger partial charge in [0.2, 0.25) is 5.69 Å². The number of carbonyl (C=O) groups excluding carboxylic acids is 1. The molecule has 0 radical (unpaired) electrons. The zero-order valence-corrected chi connectivity index (χ0v) is 11.3. The van der Waals surface area contributed by atoms with Crippen LogP contribution in [0.15, 0.2) is 12.3 Å². The number of carbonyl (C=O) groups is 1. The van der Waals surface area contributed by atoms with Gasteiger partial charge >= 0.3 is 12.1 Å². The van der Waals surface area contributed by atoms with Gasteiger partial charge in [0.15, 0.2) is 5.69 Å². The molecule has 0 aliphatic heterocycles. The van der Waals surface area contributed by atoms with Gasteiger partial charge in [-0.05, 0) is 13.0 Å². The van der Waals surface area contributed by atoms with Crippen molar-refractivity contribution in [3.05, 3.63) is 29.3 Å². The molecule has 21 heavy (non-hydrogen) atoms. The topological polar surface area (TPSA) is 74.8 Å². The number of hydrogen-bond donors (Lipinski definition) is 0. The summed E-state index contributed by atoms with van der Waals surface area (Å²) in [7, 11) is 1.64. The quantitative estimate of drug-likeness (QED) is 0.795. The van der Waals surface area contributed by atoms with E-state index in [0.717, 1.165) is 0 Å². The van der Waals surface area contributed by atoms with E-state index < -0.39 is 23.5 Å². The third-order valence-electron chi connectivity index (χ3n) is 2.55. The van der Waals surface area contributed by atoms with Crippen molar-refractivity contribution in [1.29, 1.82) is 0 Å². The zero-order valence-electron chi connectivity index (χ0n) is 11.3. The van der Waals surface area contributed by atoms with Gasteiger partial charge in [0.1, 0.15) is 0 Å². The van der Waals surface area contributed by atoms with Gasteiger partial charge in [0, 0.05) is 13.2 Å². The molecule has 0 bridgehead atoms. The molecule has 0 spiro atoms. The monoisotopic (exact) mass is 303 g/mol. The second kappa shape index (κ2) is 5.54. The Kier molecular flexibility index (Phi) is 3.96. The van der Waals surface area contributed by atoms with E-state index in [0.29, 0.717) is 10.4 Å². The lowest BCUT2D eigenvalue weighted by Gasteiger charge is -2.09. The van der Waals surface area contributed by atoms with Gasteiger partial charge < -0.3 is 4.74 Å². The summed E-state index contributed by atoms with van der Waals surface area (Å²) in [5, 5.41) is 10.6. The highest BCUT2D eigenvalue weighted by atomic mass is 19.4. The fraction of sp³-hybridized carbons (Fsp3) is 0.455. The van der Waals surface area contributed by atoms with Gasteiger partial charge in [-0.1, -0.05) is 5.21 Å². The normalized spacial score (nSPS) is 11.7. The lowest BCUT2D eigenvalue weighted by atomic mass is 10.3. The zero-order chi connectivity index (χ0) is 15.6. The number of aryl methyl sites for hydroxylation is 1. The standard InChI is InChI=1S/C11H12F3N5O2/c1-3-21-10(20)8-9(11(12,13)14)19(17-15-8)6-7-4-5-18(2)16-7/h4-5H,3,6H2,1-2H3. The molecule has 0 aromatic carbocycles. The highest BCUT2D eigenvalue weighted by Gasteiger charge is 2.42. The van der Waals surface area contributed by atoms with Crippen LogP contribution in [-0.4, -0.2) is 37.4 Å². The Morgan fingerprint density at radius 1 is 1.43 bits per heavy atom. The van der Waals surface area contributed by atoms with Gasteiger partial charge in [-0.3, -0.25) is 4.68 Å². The molecule has 2 heterocycles. The minimum absolute atomic E-state index is 0.0523. The Labute approximate surface area is 117 Å². The smallest absolute Gasteiger partial charge is 0.435 e. The van der Waals surface area contributed by atoms with Crippen molar-refractivity contribution in [1.82, 2.24) is 24.8 Å². The van der Waals surface area contributed by atoms with Crippen molar-refractivity contribution in [2.75, 3.05) is 6.61 Å². The SMILES string of the molecule is CCOC(=O)c1nnn(Cc2ccn(C)n2)c1C(F)(F)F. The molecule has 0 fully saturated rings. The molecule has 2 rings (SSSR count). The Morgan fingerprint density at radius 2 is 2.14 bits per heavy atom. The van der Waals surface area contributed by atoms with Crippen LogP contribution in [0.1, 0.15) is 28.8 Å². The van der Waals surface area contributed by atoms with E-state index in [4.69, 9.17) is 0 Å². The molecule has 0 saturated carbocycles. The fourth-order valence-electron chi connectivity index (χ4n) is 1.74. The number of alkyl halides is 3. The van der Waals surface area contributed by atoms with Crippen LogP contribution < -0.4 is 0 Å². The van der Waals surface area contributed by atoms with Crippen LogP contribution in [0.2, 0.25) is 0 Å². The lowest BCUT2D eigenvalue weighted by molar-refractivity contribution is -0.144. The molecule has 0 saturated heterocycles. The van der Waals surface area contributed by atoms with Crippen molar-refractivity contribution >= 4 is 5.97 Å². The van der Waals surface area contributed by atoms with E-state index in [2.05, 4.69) is 20.1 Å². The molecule has 0 unspecified atom stereocenters. The molecular weight excluding hydrogens is 291 g/mol. The maximum absolute atomic E-state index is 13.1. The molecule has 0 amide bonds. The largest absolute Gasteiger partial charge is 0.461 e. The third kappa shape index (κ3) is 3.20. The molecule has 7 nitrogen and oxygen atoms in total. The maximum atomic E-state index is 13.1. The highest BCUT2D eigenvalue weighted by molar-refractivity contribution is 5.88. The summed E-state index contributed by atoms with van der Waals surface area (Å²) in [5.41, 5.74) is -1.73. The number of hydrogen-bond acceptors (Lipinski definition) is 5. The predicted molar refractivity (Wildman–Crippen MR) is 63.3 cm³/mol. The number of aromatic nitrogens is 5. The molecule has 2 aromatic heterocycles. The second-order valence-electron chi connectivity index (χ2n) is 4.14. The molecular formula is C11H12F3N5O2. The molecule has 0 N–H and O–H groups in total. The van der Waals surface area contributed by atoms with Gasteiger partial charge in [0.05, 0.1) is 18.8 Å². The summed E-state index contributed by atoms with van der Waals surface area (Å²) < 4.78 is 45.9. The van der Waals surface area contributed by atoms with E-state index in [9.17, 15) is 18.0 Å². The third-order valence-corrected chi connectivity index (χ3v) is 2.55. The van der Waals surface area contributed by atoms with Crippen molar-refractivity contribution in [2.45, 2.75) is 19.6 Å². The molecule has 0 aliphatic rings. The molecule has 114 valence electrons. The summed E-state index contributed by atoms with van der Waals surface area (Å²) in [6, 6.07) is 1.55. The number of esters is 1. The first-order valence-corrected chi connectivity index (χ1v) is 5.99. The summed E-state index contributed by atoms with van der Waals surface area (Å²) in [5.74, 6) is -1.16. The number of halogens is 3. The minimum Gasteiger partial charge on any atom is -0.461 e. The number of rotatable bonds is 4. The van der Waals surface area contributed by atoms with Crippen LogP contribution in [0.5, 0.6) is 0 Å². The van der Waals surface area contributed by atoms with E-state index in [-0.39, 0.29) is 13.2 Å². The predicted octanol–water partition coefficient (Wildman–Crippen LogP) is 1.26. The van der Waals surface area contributed by atoms with E-state index >= 15 is 0 Å². The van der Waals surface area contributed by atoms with Gasteiger partial charge in [-0.15, -0.1) is 5.10 Å². The van der Waals surface area contributed by atoms with Gasteiger partial charge in [-0.25, -0.2) is 9.48 Å². The summed E-state index contributed by atoms with van der Waals surface area (Å²) in [6.45, 7) is 1.19. The highest BCUT2D eigenvalue weighted by Crippen LogP contribution is 2.31. The maximum Gasteiger partial charge on any atom is 0.435 e. The Hall–Kier alpha value is -2.39. The fourth-order valence-corrected chi connectivity index (χ4v) is 1.74. The average molecular weight is 303 g/mol. The minimum atomic E-state index is -4.78. The second-order valence-corrected chi connectivity index (χ2v) is 4.14. The van der Waals surface area contributed by atoms with Crippen LogP contribution >= 0.6 is 0 Å². The first kappa shape index (κ1) is 15.0. The van der Waals surface area contributed by atoms with Crippen LogP contribution in [0.4, 0.5) is 13.2 Å². The first-order chi connectivity index (χ1) is 9.82. The van der Waals surface area contributed by atoms with E-state index in [1.807, 2.05) is 0 Å².